The van der Waals surface area contributed by atoms with Gasteiger partial charge in [-0.25, -0.2) is 0 Å². The van der Waals surface area contributed by atoms with Crippen molar-refractivity contribution in [2.45, 2.75) is 32.9 Å². The van der Waals surface area contributed by atoms with Gasteiger partial charge in [0.25, 0.3) is 0 Å². The third-order valence-corrected chi connectivity index (χ3v) is 7.56. The van der Waals surface area contributed by atoms with E-state index < -0.39 is 12.0 Å². The van der Waals surface area contributed by atoms with Gasteiger partial charge in [0, 0.05) is 23.1 Å². The summed E-state index contributed by atoms with van der Waals surface area (Å²) in [6, 6.07) is 15.4. The second-order valence-electron chi connectivity index (χ2n) is 8.60. The van der Waals surface area contributed by atoms with Gasteiger partial charge < -0.3 is 14.6 Å². The van der Waals surface area contributed by atoms with Gasteiger partial charge in [-0.05, 0) is 42.7 Å². The van der Waals surface area contributed by atoms with Crippen molar-refractivity contribution >= 4 is 23.0 Å². The van der Waals surface area contributed by atoms with Crippen LogP contribution in [0.4, 0.5) is 0 Å². The van der Waals surface area contributed by atoms with Crippen LogP contribution in [0.5, 0.6) is 5.75 Å². The molecule has 1 atom stereocenters. The van der Waals surface area contributed by atoms with E-state index in [4.69, 9.17) is 14.5 Å². The van der Waals surface area contributed by atoms with Gasteiger partial charge >= 0.3 is 5.97 Å². The zero-order valence-electron chi connectivity index (χ0n) is 20.5. The van der Waals surface area contributed by atoms with Crippen molar-refractivity contribution in [1.29, 1.82) is 0 Å². The lowest BCUT2D eigenvalue weighted by Gasteiger charge is -2.12. The maximum Gasteiger partial charge on any atom is 0.306 e. The van der Waals surface area contributed by atoms with Crippen LogP contribution in [0, 0.1) is 13.8 Å². The standard InChI is InChI=1S/C27H26N4O4S/c1-15-22(14-34-3)36-27-24(15)25(28-21(13-23(32)33)26-30-29-16(2)31(26)27)18-10-8-17(9-11-18)19-6-5-7-20(12-19)35-4/h5-12,21H,13-14H2,1-4H3,(H,32,33)/t21-/m0/s1. The molecule has 2 aromatic heterocycles. The van der Waals surface area contributed by atoms with Gasteiger partial charge in [-0.3, -0.25) is 14.4 Å². The number of carbonyl (C=O) groups is 1. The van der Waals surface area contributed by atoms with E-state index in [9.17, 15) is 9.90 Å². The summed E-state index contributed by atoms with van der Waals surface area (Å²) in [5.74, 6) is 1.08. The molecule has 0 amide bonds. The van der Waals surface area contributed by atoms with Crippen LogP contribution in [0.25, 0.3) is 16.1 Å². The molecule has 2 aromatic carbocycles. The molecule has 184 valence electrons. The molecule has 0 bridgehead atoms. The molecule has 0 spiro atoms. The minimum Gasteiger partial charge on any atom is -0.497 e. The molecule has 1 N–H and O–H groups in total. The molecule has 0 saturated carbocycles. The zero-order chi connectivity index (χ0) is 25.4. The van der Waals surface area contributed by atoms with Crippen molar-refractivity contribution < 1.29 is 19.4 Å². The SMILES string of the molecule is COCc1sc2c(c1C)C(c1ccc(-c3cccc(OC)c3)cc1)=N[C@@H](CC(=O)O)c1nnc(C)n1-2. The number of fused-ring (bicyclic) bond motifs is 3. The highest BCUT2D eigenvalue weighted by atomic mass is 32.1. The number of aryl methyl sites for hydroxylation is 1. The summed E-state index contributed by atoms with van der Waals surface area (Å²) in [4.78, 5) is 17.8. The third-order valence-electron chi connectivity index (χ3n) is 6.30. The molecule has 0 aliphatic carbocycles. The van der Waals surface area contributed by atoms with Gasteiger partial charge in [-0.2, -0.15) is 0 Å². The normalized spacial score (nSPS) is 14.6. The summed E-state index contributed by atoms with van der Waals surface area (Å²) in [5, 5.41) is 19.2. The smallest absolute Gasteiger partial charge is 0.306 e. The molecule has 0 fully saturated rings. The van der Waals surface area contributed by atoms with Crippen LogP contribution in [-0.2, 0) is 16.1 Å². The maximum atomic E-state index is 11.8. The lowest BCUT2D eigenvalue weighted by molar-refractivity contribution is -0.137. The van der Waals surface area contributed by atoms with Crippen molar-refractivity contribution in [2.24, 2.45) is 4.99 Å². The predicted octanol–water partition coefficient (Wildman–Crippen LogP) is 5.13. The highest BCUT2D eigenvalue weighted by molar-refractivity contribution is 7.15. The maximum absolute atomic E-state index is 11.8. The Morgan fingerprint density at radius 2 is 1.81 bits per heavy atom. The first-order valence-corrected chi connectivity index (χ1v) is 12.3. The van der Waals surface area contributed by atoms with E-state index in [-0.39, 0.29) is 6.42 Å². The molecule has 1 aliphatic heterocycles. The number of hydrogen-bond donors (Lipinski definition) is 1. The van der Waals surface area contributed by atoms with Gasteiger partial charge in [-0.1, -0.05) is 36.4 Å². The first-order chi connectivity index (χ1) is 17.4. The van der Waals surface area contributed by atoms with E-state index in [2.05, 4.69) is 17.1 Å². The topological polar surface area (TPSA) is 98.8 Å². The molecule has 1 aliphatic rings. The summed E-state index contributed by atoms with van der Waals surface area (Å²) in [6.45, 7) is 4.40. The fraction of sp³-hybridized carbons (Fsp3) is 0.259. The summed E-state index contributed by atoms with van der Waals surface area (Å²) >= 11 is 1.60. The van der Waals surface area contributed by atoms with E-state index in [1.807, 2.05) is 60.0 Å². The Balaban J connectivity index is 1.68. The Labute approximate surface area is 212 Å². The molecule has 4 aromatic rings. The average molecular weight is 503 g/mol. The molecular weight excluding hydrogens is 476 g/mol. The molecule has 36 heavy (non-hydrogen) atoms. The van der Waals surface area contributed by atoms with Crippen LogP contribution in [-0.4, -0.2) is 45.8 Å². The van der Waals surface area contributed by atoms with Gasteiger partial charge in [0.1, 0.15) is 22.6 Å². The average Bonchev–Trinajstić information content (AvgIpc) is 3.37. The molecule has 3 heterocycles. The fourth-order valence-corrected chi connectivity index (χ4v) is 5.85. The van der Waals surface area contributed by atoms with Crippen LogP contribution in [0.1, 0.15) is 45.7 Å². The number of thiophene rings is 1. The van der Waals surface area contributed by atoms with E-state index >= 15 is 0 Å². The van der Waals surface area contributed by atoms with Crippen LogP contribution < -0.4 is 4.74 Å². The first-order valence-electron chi connectivity index (χ1n) is 11.5. The van der Waals surface area contributed by atoms with Crippen molar-refractivity contribution in [1.82, 2.24) is 14.8 Å². The van der Waals surface area contributed by atoms with Crippen molar-refractivity contribution in [2.75, 3.05) is 14.2 Å². The van der Waals surface area contributed by atoms with Gasteiger partial charge in [0.15, 0.2) is 5.82 Å². The van der Waals surface area contributed by atoms with Crippen molar-refractivity contribution in [3.63, 3.8) is 0 Å². The number of ether oxygens (including phenoxy) is 2. The number of aliphatic carboxylic acids is 1. The Bertz CT molecular complexity index is 1470. The van der Waals surface area contributed by atoms with E-state index in [0.717, 1.165) is 49.2 Å². The second kappa shape index (κ2) is 9.67. The Hall–Kier alpha value is -3.82. The van der Waals surface area contributed by atoms with Crippen LogP contribution in [0.2, 0.25) is 0 Å². The van der Waals surface area contributed by atoms with Crippen LogP contribution in [0.3, 0.4) is 0 Å². The second-order valence-corrected chi connectivity index (χ2v) is 9.69. The number of aromatic nitrogens is 3. The molecule has 9 heteroatoms. The number of aliphatic imine (C=N–C) groups is 1. The first kappa shape index (κ1) is 23.9. The number of benzene rings is 2. The summed E-state index contributed by atoms with van der Waals surface area (Å²) in [7, 11) is 3.33. The van der Waals surface area contributed by atoms with Crippen LogP contribution in [0.15, 0.2) is 53.5 Å². The lowest BCUT2D eigenvalue weighted by atomic mass is 9.97. The molecule has 5 rings (SSSR count). The molecule has 0 unspecified atom stereocenters. The fourth-order valence-electron chi connectivity index (χ4n) is 4.52. The Morgan fingerprint density at radius 1 is 1.06 bits per heavy atom. The number of nitrogens with zero attached hydrogens (tertiary/aromatic N) is 4. The Kier molecular flexibility index (Phi) is 6.42. The van der Waals surface area contributed by atoms with Gasteiger partial charge in [0.05, 0.1) is 25.8 Å². The lowest BCUT2D eigenvalue weighted by Crippen LogP contribution is -2.10. The van der Waals surface area contributed by atoms with Gasteiger partial charge in [-0.15, -0.1) is 21.5 Å². The molecule has 0 radical (unpaired) electrons. The summed E-state index contributed by atoms with van der Waals surface area (Å²) in [5.41, 5.74) is 5.75. The highest BCUT2D eigenvalue weighted by Gasteiger charge is 2.32. The number of carboxylic acids is 1. The molecule has 8 nitrogen and oxygen atoms in total. The quantitative estimate of drug-likeness (QED) is 0.376. The number of methoxy groups -OCH3 is 2. The van der Waals surface area contributed by atoms with E-state index in [1.54, 1.807) is 25.6 Å². The minimum absolute atomic E-state index is 0.178. The number of rotatable bonds is 7. The minimum atomic E-state index is -0.939. The van der Waals surface area contributed by atoms with Crippen molar-refractivity contribution in [3.05, 3.63) is 81.7 Å². The Morgan fingerprint density at radius 3 is 2.50 bits per heavy atom. The molecular formula is C27H26N4O4S. The largest absolute Gasteiger partial charge is 0.497 e. The monoisotopic (exact) mass is 502 g/mol. The predicted molar refractivity (Wildman–Crippen MR) is 138 cm³/mol. The van der Waals surface area contributed by atoms with Crippen LogP contribution >= 0.6 is 11.3 Å². The summed E-state index contributed by atoms with van der Waals surface area (Å²) in [6.07, 6.45) is -0.178. The van der Waals surface area contributed by atoms with E-state index in [1.165, 1.54) is 0 Å². The molecule has 0 saturated heterocycles. The number of hydrogen-bond acceptors (Lipinski definition) is 7. The van der Waals surface area contributed by atoms with Gasteiger partial charge in [0.2, 0.25) is 0 Å². The van der Waals surface area contributed by atoms with Crippen molar-refractivity contribution in [3.8, 4) is 21.9 Å². The third kappa shape index (κ3) is 4.20. The number of carboxylic acid groups (broad SMARTS) is 1. The van der Waals surface area contributed by atoms with E-state index in [0.29, 0.717) is 18.3 Å². The highest BCUT2D eigenvalue weighted by Crippen LogP contribution is 2.40. The zero-order valence-corrected chi connectivity index (χ0v) is 21.3. The summed E-state index contributed by atoms with van der Waals surface area (Å²) < 4.78 is 12.8.